The smallest absolute Gasteiger partial charge is 0.330 e. The quantitative estimate of drug-likeness (QED) is 0.621. The number of thiophene rings is 1. The molecule has 2 heterocycles. The maximum atomic E-state index is 11.1. The summed E-state index contributed by atoms with van der Waals surface area (Å²) >= 11 is 1.75. The molecule has 0 unspecified atom stereocenters. The first-order valence-corrected chi connectivity index (χ1v) is 7.14. The fraction of sp³-hybridized carbons (Fsp3) is 0.500. The van der Waals surface area contributed by atoms with Crippen LogP contribution in [0.3, 0.4) is 0 Å². The van der Waals surface area contributed by atoms with Gasteiger partial charge in [0.05, 0.1) is 12.1 Å². The van der Waals surface area contributed by atoms with Gasteiger partial charge < -0.3 is 9.64 Å². The highest BCUT2D eigenvalue weighted by atomic mass is 32.1. The first-order chi connectivity index (χ1) is 8.70. The molecule has 0 bridgehead atoms. The van der Waals surface area contributed by atoms with E-state index in [-0.39, 0.29) is 5.97 Å². The van der Waals surface area contributed by atoms with E-state index in [9.17, 15) is 4.79 Å². The molecule has 0 amide bonds. The third kappa shape index (κ3) is 3.13. The summed E-state index contributed by atoms with van der Waals surface area (Å²) in [5.41, 5.74) is 1.22. The molecule has 4 heteroatoms. The lowest BCUT2D eigenvalue weighted by Crippen LogP contribution is -2.28. The van der Waals surface area contributed by atoms with Crippen molar-refractivity contribution >= 4 is 28.4 Å². The first kappa shape index (κ1) is 13.1. The predicted octanol–water partition coefficient (Wildman–Crippen LogP) is 3.23. The van der Waals surface area contributed by atoms with E-state index in [1.807, 2.05) is 6.08 Å². The molecule has 18 heavy (non-hydrogen) atoms. The van der Waals surface area contributed by atoms with Gasteiger partial charge >= 0.3 is 5.97 Å². The Bertz CT molecular complexity index is 445. The molecular formula is C14H19NO2S. The van der Waals surface area contributed by atoms with Crippen LogP contribution in [0.2, 0.25) is 0 Å². The minimum absolute atomic E-state index is 0.303. The zero-order valence-corrected chi connectivity index (χ0v) is 11.8. The summed E-state index contributed by atoms with van der Waals surface area (Å²) in [5, 5.41) is 1.32. The number of carbonyl (C=O) groups is 1. The predicted molar refractivity (Wildman–Crippen MR) is 76.2 cm³/mol. The normalized spacial score (nSPS) is 16.2. The number of methoxy groups -OCH3 is 1. The standard InChI is InChI=1S/C14H19NO2S/c1-11-10-13(15-8-4-3-5-9-15)18-12(11)6-7-14(16)17-2/h6-7,10H,3-5,8-9H2,1-2H3/b7-6+. The molecule has 0 saturated carbocycles. The van der Waals surface area contributed by atoms with Crippen LogP contribution in [0.5, 0.6) is 0 Å². The van der Waals surface area contributed by atoms with Crippen LogP contribution in [0.15, 0.2) is 12.1 Å². The fourth-order valence-electron chi connectivity index (χ4n) is 2.13. The van der Waals surface area contributed by atoms with Crippen molar-refractivity contribution in [3.63, 3.8) is 0 Å². The van der Waals surface area contributed by atoms with Crippen LogP contribution < -0.4 is 4.90 Å². The van der Waals surface area contributed by atoms with Gasteiger partial charge in [0.1, 0.15) is 0 Å². The van der Waals surface area contributed by atoms with Gasteiger partial charge in [-0.05, 0) is 43.9 Å². The second kappa shape index (κ2) is 6.05. The molecule has 2 rings (SSSR count). The van der Waals surface area contributed by atoms with Crippen molar-refractivity contribution in [3.8, 4) is 0 Å². The van der Waals surface area contributed by atoms with Gasteiger partial charge in [-0.25, -0.2) is 4.79 Å². The maximum Gasteiger partial charge on any atom is 0.330 e. The number of carbonyl (C=O) groups excluding carboxylic acids is 1. The van der Waals surface area contributed by atoms with Gasteiger partial charge in [0.25, 0.3) is 0 Å². The van der Waals surface area contributed by atoms with Gasteiger partial charge in [-0.15, -0.1) is 11.3 Å². The highest BCUT2D eigenvalue weighted by Crippen LogP contribution is 2.32. The van der Waals surface area contributed by atoms with Crippen LogP contribution in [0.1, 0.15) is 29.7 Å². The third-order valence-electron chi connectivity index (χ3n) is 3.18. The van der Waals surface area contributed by atoms with Gasteiger partial charge in [0.15, 0.2) is 0 Å². The minimum atomic E-state index is -0.303. The molecule has 0 aromatic carbocycles. The monoisotopic (exact) mass is 265 g/mol. The summed E-state index contributed by atoms with van der Waals surface area (Å²) < 4.78 is 4.60. The number of ether oxygens (including phenoxy) is 1. The van der Waals surface area contributed by atoms with Crippen LogP contribution in [0.25, 0.3) is 6.08 Å². The molecule has 0 radical (unpaired) electrons. The summed E-state index contributed by atoms with van der Waals surface area (Å²) in [5.74, 6) is -0.303. The fourth-order valence-corrected chi connectivity index (χ4v) is 3.26. The lowest BCUT2D eigenvalue weighted by atomic mass is 10.1. The van der Waals surface area contributed by atoms with Crippen molar-refractivity contribution < 1.29 is 9.53 Å². The topological polar surface area (TPSA) is 29.5 Å². The van der Waals surface area contributed by atoms with Crippen LogP contribution in [0.4, 0.5) is 5.00 Å². The molecule has 0 atom stereocenters. The Morgan fingerprint density at radius 2 is 2.11 bits per heavy atom. The van der Waals surface area contributed by atoms with Crippen molar-refractivity contribution in [2.24, 2.45) is 0 Å². The molecule has 1 aliphatic rings. The highest BCUT2D eigenvalue weighted by molar-refractivity contribution is 7.17. The lowest BCUT2D eigenvalue weighted by Gasteiger charge is -2.27. The van der Waals surface area contributed by atoms with E-state index in [0.29, 0.717) is 0 Å². The van der Waals surface area contributed by atoms with Crippen LogP contribution in [-0.2, 0) is 9.53 Å². The Kier molecular flexibility index (Phi) is 4.42. The Morgan fingerprint density at radius 1 is 1.39 bits per heavy atom. The first-order valence-electron chi connectivity index (χ1n) is 6.32. The summed E-state index contributed by atoms with van der Waals surface area (Å²) in [4.78, 5) is 14.7. The summed E-state index contributed by atoms with van der Waals surface area (Å²) in [6.45, 7) is 4.39. The molecule has 1 fully saturated rings. The Hall–Kier alpha value is -1.29. The number of rotatable bonds is 3. The van der Waals surface area contributed by atoms with E-state index in [2.05, 4.69) is 22.6 Å². The van der Waals surface area contributed by atoms with E-state index in [0.717, 1.165) is 18.0 Å². The van der Waals surface area contributed by atoms with Crippen LogP contribution >= 0.6 is 11.3 Å². The van der Waals surface area contributed by atoms with Crippen molar-refractivity contribution in [1.29, 1.82) is 0 Å². The molecule has 1 aromatic heterocycles. The second-order valence-corrected chi connectivity index (χ2v) is 5.60. The van der Waals surface area contributed by atoms with Crippen LogP contribution in [0, 0.1) is 6.92 Å². The molecule has 98 valence electrons. The van der Waals surface area contributed by atoms with Crippen LogP contribution in [-0.4, -0.2) is 26.2 Å². The molecule has 0 spiro atoms. The Morgan fingerprint density at radius 3 is 2.78 bits per heavy atom. The molecule has 1 saturated heterocycles. The zero-order valence-electron chi connectivity index (χ0n) is 10.9. The summed E-state index contributed by atoms with van der Waals surface area (Å²) in [7, 11) is 1.40. The molecule has 1 aromatic rings. The number of piperidine rings is 1. The SMILES string of the molecule is COC(=O)/C=C/c1sc(N2CCCCC2)cc1C. The second-order valence-electron chi connectivity index (χ2n) is 4.54. The average Bonchev–Trinajstić information content (AvgIpc) is 2.78. The van der Waals surface area contributed by atoms with E-state index in [1.54, 1.807) is 11.3 Å². The number of esters is 1. The Labute approximate surface area is 112 Å². The number of hydrogen-bond donors (Lipinski definition) is 0. The largest absolute Gasteiger partial charge is 0.466 e. The van der Waals surface area contributed by atoms with E-state index in [1.165, 1.54) is 43.0 Å². The Balaban J connectivity index is 2.10. The van der Waals surface area contributed by atoms with E-state index in [4.69, 9.17) is 0 Å². The number of nitrogens with zero attached hydrogens (tertiary/aromatic N) is 1. The van der Waals surface area contributed by atoms with Gasteiger partial charge in [0.2, 0.25) is 0 Å². The lowest BCUT2D eigenvalue weighted by molar-refractivity contribution is -0.134. The molecule has 1 aliphatic heterocycles. The number of hydrogen-bond acceptors (Lipinski definition) is 4. The van der Waals surface area contributed by atoms with Crippen molar-refractivity contribution in [3.05, 3.63) is 22.6 Å². The number of aryl methyl sites for hydroxylation is 1. The number of anilines is 1. The minimum Gasteiger partial charge on any atom is -0.466 e. The molecule has 0 N–H and O–H groups in total. The van der Waals surface area contributed by atoms with Crippen molar-refractivity contribution in [2.75, 3.05) is 25.1 Å². The summed E-state index contributed by atoms with van der Waals surface area (Å²) in [6, 6.07) is 2.22. The van der Waals surface area contributed by atoms with Gasteiger partial charge in [0, 0.05) is 24.0 Å². The molecular weight excluding hydrogens is 246 g/mol. The molecule has 0 aliphatic carbocycles. The average molecular weight is 265 g/mol. The van der Waals surface area contributed by atoms with Gasteiger partial charge in [-0.2, -0.15) is 0 Å². The third-order valence-corrected chi connectivity index (χ3v) is 4.45. The van der Waals surface area contributed by atoms with Crippen molar-refractivity contribution in [1.82, 2.24) is 0 Å². The van der Waals surface area contributed by atoms with Gasteiger partial charge in [-0.1, -0.05) is 0 Å². The zero-order chi connectivity index (χ0) is 13.0. The van der Waals surface area contributed by atoms with E-state index < -0.39 is 0 Å². The summed E-state index contributed by atoms with van der Waals surface area (Å²) in [6.07, 6.45) is 7.24. The maximum absolute atomic E-state index is 11.1. The highest BCUT2D eigenvalue weighted by Gasteiger charge is 2.14. The van der Waals surface area contributed by atoms with Gasteiger partial charge in [-0.3, -0.25) is 0 Å². The van der Waals surface area contributed by atoms with E-state index >= 15 is 0 Å². The van der Waals surface area contributed by atoms with Crippen molar-refractivity contribution in [2.45, 2.75) is 26.2 Å². The molecule has 3 nitrogen and oxygen atoms in total.